The molecular formula is C18H26N2O4S. The third-order valence-corrected chi connectivity index (χ3v) is 6.52. The Balaban J connectivity index is 1.69. The van der Waals surface area contributed by atoms with E-state index in [0.29, 0.717) is 31.9 Å². The van der Waals surface area contributed by atoms with Crippen molar-refractivity contribution in [3.63, 3.8) is 0 Å². The van der Waals surface area contributed by atoms with E-state index < -0.39 is 10.0 Å². The number of nitrogens with zero attached hydrogens (tertiary/aromatic N) is 2. The van der Waals surface area contributed by atoms with Crippen LogP contribution in [0.25, 0.3) is 0 Å². The molecule has 1 aliphatic heterocycles. The maximum Gasteiger partial charge on any atom is 0.243 e. The van der Waals surface area contributed by atoms with E-state index in [4.69, 9.17) is 4.74 Å². The zero-order chi connectivity index (χ0) is 18.2. The molecule has 1 aromatic carbocycles. The first-order valence-corrected chi connectivity index (χ1v) is 10.3. The fraction of sp³-hybridized carbons (Fsp3) is 0.611. The summed E-state index contributed by atoms with van der Waals surface area (Å²) in [4.78, 5) is 14.2. The molecule has 0 radical (unpaired) electrons. The van der Waals surface area contributed by atoms with Gasteiger partial charge >= 0.3 is 0 Å². The van der Waals surface area contributed by atoms with Crippen molar-refractivity contribution in [3.05, 3.63) is 23.8 Å². The van der Waals surface area contributed by atoms with Crippen molar-refractivity contribution >= 4 is 15.9 Å². The van der Waals surface area contributed by atoms with Gasteiger partial charge < -0.3 is 9.64 Å². The van der Waals surface area contributed by atoms with E-state index in [1.54, 1.807) is 23.1 Å². The molecule has 25 heavy (non-hydrogen) atoms. The van der Waals surface area contributed by atoms with Crippen LogP contribution in [-0.2, 0) is 14.8 Å². The number of amides is 1. The fourth-order valence-corrected chi connectivity index (χ4v) is 4.56. The van der Waals surface area contributed by atoms with Gasteiger partial charge in [-0.2, -0.15) is 4.31 Å². The van der Waals surface area contributed by atoms with E-state index in [1.165, 1.54) is 4.31 Å². The number of rotatable bonds is 5. The molecule has 1 heterocycles. The van der Waals surface area contributed by atoms with E-state index in [2.05, 4.69) is 0 Å². The second-order valence-corrected chi connectivity index (χ2v) is 9.04. The minimum atomic E-state index is -3.54. The number of carbonyl (C=O) groups excluding carboxylic acids is 1. The van der Waals surface area contributed by atoms with Crippen molar-refractivity contribution in [3.8, 4) is 5.75 Å². The number of carbonyl (C=O) groups is 1. The Kier molecular flexibility index (Phi) is 5.06. The van der Waals surface area contributed by atoms with Gasteiger partial charge in [0.15, 0.2) is 0 Å². The van der Waals surface area contributed by atoms with Crippen molar-refractivity contribution in [1.29, 1.82) is 0 Å². The van der Waals surface area contributed by atoms with E-state index in [0.717, 1.165) is 18.4 Å². The first kappa shape index (κ1) is 18.2. The van der Waals surface area contributed by atoms with Crippen molar-refractivity contribution < 1.29 is 17.9 Å². The largest absolute Gasteiger partial charge is 0.491 e. The number of aryl methyl sites for hydroxylation is 1. The van der Waals surface area contributed by atoms with Crippen LogP contribution in [0.3, 0.4) is 0 Å². The van der Waals surface area contributed by atoms with Gasteiger partial charge in [-0.1, -0.05) is 0 Å². The summed E-state index contributed by atoms with van der Waals surface area (Å²) in [5.74, 6) is 1.07. The van der Waals surface area contributed by atoms with Gasteiger partial charge in [0.2, 0.25) is 15.9 Å². The second kappa shape index (κ2) is 6.96. The Bertz CT molecular complexity index is 748. The van der Waals surface area contributed by atoms with Crippen LogP contribution in [-0.4, -0.2) is 55.8 Å². The average Bonchev–Trinajstić information content (AvgIpc) is 3.40. The van der Waals surface area contributed by atoms with Gasteiger partial charge in [-0.25, -0.2) is 8.42 Å². The molecule has 2 fully saturated rings. The highest BCUT2D eigenvalue weighted by molar-refractivity contribution is 7.89. The molecule has 2 aliphatic rings. The van der Waals surface area contributed by atoms with Crippen molar-refractivity contribution in [2.45, 2.75) is 44.6 Å². The molecule has 0 aromatic heterocycles. The monoisotopic (exact) mass is 366 g/mol. The molecule has 1 aromatic rings. The van der Waals surface area contributed by atoms with Crippen molar-refractivity contribution in [1.82, 2.24) is 9.21 Å². The summed E-state index contributed by atoms with van der Waals surface area (Å²) in [7, 11) is -3.54. The van der Waals surface area contributed by atoms with Crippen LogP contribution in [0.2, 0.25) is 0 Å². The minimum Gasteiger partial charge on any atom is -0.491 e. The van der Waals surface area contributed by atoms with Gasteiger partial charge in [0.05, 0.1) is 11.0 Å². The van der Waals surface area contributed by atoms with Gasteiger partial charge in [-0.05, 0) is 57.4 Å². The molecule has 0 N–H and O–H groups in total. The summed E-state index contributed by atoms with van der Waals surface area (Å²) in [6, 6.07) is 4.98. The van der Waals surface area contributed by atoms with Crippen LogP contribution in [0.1, 0.15) is 32.3 Å². The van der Waals surface area contributed by atoms with Crippen LogP contribution in [0.4, 0.5) is 0 Å². The predicted octanol–water partition coefficient (Wildman–Crippen LogP) is 2.03. The third-order valence-electron chi connectivity index (χ3n) is 4.62. The van der Waals surface area contributed by atoms with E-state index in [1.807, 2.05) is 20.8 Å². The number of hydrogen-bond acceptors (Lipinski definition) is 4. The van der Waals surface area contributed by atoms with E-state index >= 15 is 0 Å². The Hall–Kier alpha value is -1.60. The molecule has 1 aliphatic carbocycles. The second-order valence-electron chi connectivity index (χ2n) is 7.10. The van der Waals surface area contributed by atoms with Gasteiger partial charge in [-0.15, -0.1) is 0 Å². The number of piperazine rings is 1. The quantitative estimate of drug-likeness (QED) is 0.800. The zero-order valence-corrected chi connectivity index (χ0v) is 15.9. The van der Waals surface area contributed by atoms with E-state index in [-0.39, 0.29) is 22.8 Å². The molecule has 7 heteroatoms. The van der Waals surface area contributed by atoms with Crippen LogP contribution in [0.15, 0.2) is 23.1 Å². The summed E-state index contributed by atoms with van der Waals surface area (Å²) in [5.41, 5.74) is 0.803. The molecule has 0 atom stereocenters. The molecule has 3 rings (SSSR count). The summed E-state index contributed by atoms with van der Waals surface area (Å²) in [5, 5.41) is 0. The van der Waals surface area contributed by atoms with Gasteiger partial charge in [0, 0.05) is 32.1 Å². The van der Waals surface area contributed by atoms with E-state index in [9.17, 15) is 13.2 Å². The molecule has 0 bridgehead atoms. The summed E-state index contributed by atoms with van der Waals surface area (Å²) in [6.07, 6.45) is 1.99. The van der Waals surface area contributed by atoms with Crippen LogP contribution in [0.5, 0.6) is 5.75 Å². The molecule has 6 nitrogen and oxygen atoms in total. The lowest BCUT2D eigenvalue weighted by Crippen LogP contribution is -2.50. The molecule has 0 unspecified atom stereocenters. The SMILES string of the molecule is Cc1cc(S(=O)(=O)N2CCN(C(=O)C3CC3)CC2)ccc1OC(C)C. The van der Waals surface area contributed by atoms with Crippen LogP contribution < -0.4 is 4.74 Å². The molecular weight excluding hydrogens is 340 g/mol. The van der Waals surface area contributed by atoms with Crippen LogP contribution >= 0.6 is 0 Å². The lowest BCUT2D eigenvalue weighted by molar-refractivity contribution is -0.133. The highest BCUT2D eigenvalue weighted by Crippen LogP contribution is 2.32. The third kappa shape index (κ3) is 3.98. The maximum absolute atomic E-state index is 12.9. The summed E-state index contributed by atoms with van der Waals surface area (Å²) in [6.45, 7) is 7.38. The van der Waals surface area contributed by atoms with Crippen molar-refractivity contribution in [2.75, 3.05) is 26.2 Å². The Labute approximate surface area is 149 Å². The average molecular weight is 366 g/mol. The number of sulfonamides is 1. The van der Waals surface area contributed by atoms with Crippen LogP contribution in [0, 0.1) is 12.8 Å². The normalized spacial score (nSPS) is 19.3. The highest BCUT2D eigenvalue weighted by atomic mass is 32.2. The minimum absolute atomic E-state index is 0.0400. The smallest absolute Gasteiger partial charge is 0.243 e. The molecule has 1 saturated carbocycles. The molecule has 1 saturated heterocycles. The van der Waals surface area contributed by atoms with Gasteiger partial charge in [-0.3, -0.25) is 4.79 Å². The van der Waals surface area contributed by atoms with Gasteiger partial charge in [0.1, 0.15) is 5.75 Å². The standard InChI is InChI=1S/C18H26N2O4S/c1-13(2)24-17-7-6-16(12-14(17)3)25(22,23)20-10-8-19(9-11-20)18(21)15-4-5-15/h6-7,12-13,15H,4-5,8-11H2,1-3H3. The summed E-state index contributed by atoms with van der Waals surface area (Å²) < 4.78 is 32.9. The first-order chi connectivity index (χ1) is 11.8. The first-order valence-electron chi connectivity index (χ1n) is 8.85. The summed E-state index contributed by atoms with van der Waals surface area (Å²) >= 11 is 0. The molecule has 138 valence electrons. The zero-order valence-electron chi connectivity index (χ0n) is 15.1. The number of hydrogen-bond donors (Lipinski definition) is 0. The molecule has 0 spiro atoms. The fourth-order valence-electron chi connectivity index (χ4n) is 3.05. The highest BCUT2D eigenvalue weighted by Gasteiger charge is 2.36. The number of benzene rings is 1. The maximum atomic E-state index is 12.9. The number of ether oxygens (including phenoxy) is 1. The Morgan fingerprint density at radius 2 is 1.80 bits per heavy atom. The Morgan fingerprint density at radius 3 is 2.32 bits per heavy atom. The van der Waals surface area contributed by atoms with Crippen molar-refractivity contribution in [2.24, 2.45) is 5.92 Å². The Morgan fingerprint density at radius 1 is 1.16 bits per heavy atom. The predicted molar refractivity (Wildman–Crippen MR) is 95.0 cm³/mol. The topological polar surface area (TPSA) is 66.9 Å². The lowest BCUT2D eigenvalue weighted by Gasteiger charge is -2.34. The lowest BCUT2D eigenvalue weighted by atomic mass is 10.2. The van der Waals surface area contributed by atoms with Gasteiger partial charge in [0.25, 0.3) is 0 Å². The molecule has 1 amide bonds.